The molecule has 1 aromatic heterocycles. The Balaban J connectivity index is 2.76. The van der Waals surface area contributed by atoms with Gasteiger partial charge in [0.1, 0.15) is 0 Å². The van der Waals surface area contributed by atoms with Crippen molar-refractivity contribution in [2.75, 3.05) is 0 Å². The molecule has 1 atom stereocenters. The van der Waals surface area contributed by atoms with E-state index in [-0.39, 0.29) is 5.78 Å². The van der Waals surface area contributed by atoms with E-state index in [0.29, 0.717) is 16.1 Å². The third-order valence-corrected chi connectivity index (χ3v) is 2.78. The number of aromatic nitrogens is 2. The van der Waals surface area contributed by atoms with Crippen LogP contribution in [0.25, 0.3) is 10.9 Å². The molecule has 4 nitrogen and oxygen atoms in total. The first-order valence-electron chi connectivity index (χ1n) is 4.93. The van der Waals surface area contributed by atoms with Gasteiger partial charge in [0.05, 0.1) is 11.6 Å². The smallest absolute Gasteiger partial charge is 0.180 e. The second-order valence-corrected chi connectivity index (χ2v) is 4.13. The summed E-state index contributed by atoms with van der Waals surface area (Å²) in [6.07, 6.45) is 0. The first-order chi connectivity index (χ1) is 7.52. The Morgan fingerprint density at radius 1 is 1.56 bits per heavy atom. The summed E-state index contributed by atoms with van der Waals surface area (Å²) in [5.41, 5.74) is 6.96. The first kappa shape index (κ1) is 11.1. The third-order valence-electron chi connectivity index (χ3n) is 2.51. The van der Waals surface area contributed by atoms with E-state index >= 15 is 0 Å². The van der Waals surface area contributed by atoms with Gasteiger partial charge in [-0.15, -0.1) is 0 Å². The van der Waals surface area contributed by atoms with Gasteiger partial charge in [-0.25, -0.2) is 0 Å². The highest BCUT2D eigenvalue weighted by Crippen LogP contribution is 2.26. The molecule has 0 saturated carbocycles. The number of carbonyl (C=O) groups is 1. The Labute approximate surface area is 98.0 Å². The van der Waals surface area contributed by atoms with Crippen molar-refractivity contribution in [2.45, 2.75) is 13.0 Å². The molecule has 1 heterocycles. The molecule has 0 spiro atoms. The lowest BCUT2D eigenvalue weighted by molar-refractivity contribution is 0.0969. The van der Waals surface area contributed by atoms with Crippen molar-refractivity contribution in [3.63, 3.8) is 0 Å². The number of aryl methyl sites for hydroxylation is 1. The van der Waals surface area contributed by atoms with Gasteiger partial charge in [0.25, 0.3) is 0 Å². The summed E-state index contributed by atoms with van der Waals surface area (Å²) in [5, 5.41) is 5.09. The number of rotatable bonds is 2. The Hall–Kier alpha value is -1.39. The van der Waals surface area contributed by atoms with Gasteiger partial charge in [0.2, 0.25) is 0 Å². The van der Waals surface area contributed by atoms with Gasteiger partial charge in [-0.2, -0.15) is 5.10 Å². The SMILES string of the molecule is CC(N)C(=O)c1cccc2c1c(Cl)nn2C. The van der Waals surface area contributed by atoms with Gasteiger partial charge < -0.3 is 5.73 Å². The van der Waals surface area contributed by atoms with E-state index in [0.717, 1.165) is 5.52 Å². The molecule has 0 radical (unpaired) electrons. The summed E-state index contributed by atoms with van der Waals surface area (Å²) in [4.78, 5) is 11.9. The van der Waals surface area contributed by atoms with Crippen LogP contribution >= 0.6 is 11.6 Å². The largest absolute Gasteiger partial charge is 0.321 e. The molecule has 0 fully saturated rings. The maximum atomic E-state index is 11.9. The molecule has 2 N–H and O–H groups in total. The summed E-state index contributed by atoms with van der Waals surface area (Å²) in [5.74, 6) is -0.125. The molecule has 0 aliphatic heterocycles. The van der Waals surface area contributed by atoms with Gasteiger partial charge in [-0.1, -0.05) is 23.7 Å². The molecule has 1 aromatic carbocycles. The zero-order chi connectivity index (χ0) is 11.9. The van der Waals surface area contributed by atoms with Crippen molar-refractivity contribution >= 4 is 28.3 Å². The monoisotopic (exact) mass is 237 g/mol. The van der Waals surface area contributed by atoms with Gasteiger partial charge in [0.15, 0.2) is 10.9 Å². The Bertz CT molecular complexity index is 560. The standard InChI is InChI=1S/C11H12ClN3O/c1-6(13)10(16)7-4-3-5-8-9(7)11(12)14-15(8)2/h3-6H,13H2,1-2H3. The number of hydrogen-bond donors (Lipinski definition) is 1. The molecule has 5 heteroatoms. The summed E-state index contributed by atoms with van der Waals surface area (Å²) in [7, 11) is 1.79. The molecular weight excluding hydrogens is 226 g/mol. The van der Waals surface area contributed by atoms with Crippen LogP contribution in [0.2, 0.25) is 5.15 Å². The topological polar surface area (TPSA) is 60.9 Å². The lowest BCUT2D eigenvalue weighted by Crippen LogP contribution is -2.26. The highest BCUT2D eigenvalue weighted by atomic mass is 35.5. The van der Waals surface area contributed by atoms with Crippen LogP contribution in [0.3, 0.4) is 0 Å². The van der Waals surface area contributed by atoms with Crippen LogP contribution in [0.5, 0.6) is 0 Å². The summed E-state index contributed by atoms with van der Waals surface area (Å²) in [6.45, 7) is 1.66. The Kier molecular flexibility index (Phi) is 2.69. The van der Waals surface area contributed by atoms with E-state index in [1.807, 2.05) is 6.07 Å². The van der Waals surface area contributed by atoms with E-state index in [1.165, 1.54) is 0 Å². The number of nitrogens with zero attached hydrogens (tertiary/aromatic N) is 2. The third kappa shape index (κ3) is 1.60. The second kappa shape index (κ2) is 3.88. The van der Waals surface area contributed by atoms with Gasteiger partial charge >= 0.3 is 0 Å². The van der Waals surface area contributed by atoms with Crippen molar-refractivity contribution in [1.82, 2.24) is 9.78 Å². The molecule has 2 rings (SSSR count). The molecule has 0 amide bonds. The van der Waals surface area contributed by atoms with Crippen molar-refractivity contribution in [2.24, 2.45) is 12.8 Å². The van der Waals surface area contributed by atoms with Crippen LogP contribution in [-0.2, 0) is 7.05 Å². The van der Waals surface area contributed by atoms with Gasteiger partial charge in [-0.05, 0) is 13.0 Å². The highest BCUT2D eigenvalue weighted by molar-refractivity contribution is 6.35. The highest BCUT2D eigenvalue weighted by Gasteiger charge is 2.18. The number of Topliss-reactive ketones (excluding diaryl/α,β-unsaturated/α-hetero) is 1. The molecule has 1 unspecified atom stereocenters. The zero-order valence-corrected chi connectivity index (χ0v) is 9.82. The van der Waals surface area contributed by atoms with E-state index in [9.17, 15) is 4.79 Å². The average molecular weight is 238 g/mol. The lowest BCUT2D eigenvalue weighted by atomic mass is 10.0. The van der Waals surface area contributed by atoms with Crippen LogP contribution in [0.4, 0.5) is 0 Å². The van der Waals surface area contributed by atoms with E-state index < -0.39 is 6.04 Å². The minimum atomic E-state index is -0.540. The number of benzene rings is 1. The number of nitrogens with two attached hydrogens (primary N) is 1. The summed E-state index contributed by atoms with van der Waals surface area (Å²) >= 11 is 6.01. The van der Waals surface area contributed by atoms with Crippen LogP contribution in [0.15, 0.2) is 18.2 Å². The second-order valence-electron chi connectivity index (χ2n) is 3.77. The quantitative estimate of drug-likeness (QED) is 0.810. The Morgan fingerprint density at radius 2 is 2.25 bits per heavy atom. The van der Waals surface area contributed by atoms with Crippen molar-refractivity contribution in [3.8, 4) is 0 Å². The molecule has 84 valence electrons. The molecule has 0 saturated heterocycles. The maximum absolute atomic E-state index is 11.9. The lowest BCUT2D eigenvalue weighted by Gasteiger charge is -2.05. The van der Waals surface area contributed by atoms with Crippen molar-refractivity contribution in [3.05, 3.63) is 28.9 Å². The maximum Gasteiger partial charge on any atom is 0.180 e. The van der Waals surface area contributed by atoms with Gasteiger partial charge in [0, 0.05) is 18.0 Å². The van der Waals surface area contributed by atoms with Crippen LogP contribution in [0.1, 0.15) is 17.3 Å². The van der Waals surface area contributed by atoms with E-state index in [1.54, 1.807) is 30.8 Å². The van der Waals surface area contributed by atoms with Crippen molar-refractivity contribution in [1.29, 1.82) is 0 Å². The van der Waals surface area contributed by atoms with Crippen molar-refractivity contribution < 1.29 is 4.79 Å². The number of hydrogen-bond acceptors (Lipinski definition) is 3. The number of carbonyl (C=O) groups excluding carboxylic acids is 1. The van der Waals surface area contributed by atoms with Gasteiger partial charge in [-0.3, -0.25) is 9.48 Å². The van der Waals surface area contributed by atoms with E-state index in [2.05, 4.69) is 5.10 Å². The Morgan fingerprint density at radius 3 is 2.88 bits per heavy atom. The fourth-order valence-electron chi connectivity index (χ4n) is 1.71. The molecule has 0 aliphatic carbocycles. The minimum Gasteiger partial charge on any atom is -0.321 e. The van der Waals surface area contributed by atoms with Crippen LogP contribution in [0, 0.1) is 0 Å². The van der Waals surface area contributed by atoms with Crippen LogP contribution in [-0.4, -0.2) is 21.6 Å². The minimum absolute atomic E-state index is 0.125. The zero-order valence-electron chi connectivity index (χ0n) is 9.07. The fourth-order valence-corrected chi connectivity index (χ4v) is 2.02. The molecular formula is C11H12ClN3O. The molecule has 16 heavy (non-hydrogen) atoms. The summed E-state index contributed by atoms with van der Waals surface area (Å²) in [6, 6.07) is 4.85. The number of halogens is 1. The molecule has 0 aliphatic rings. The predicted octanol–water partition coefficient (Wildman–Crippen LogP) is 1.76. The first-order valence-corrected chi connectivity index (χ1v) is 5.31. The predicted molar refractivity (Wildman–Crippen MR) is 63.7 cm³/mol. The average Bonchev–Trinajstić information content (AvgIpc) is 2.54. The van der Waals surface area contributed by atoms with E-state index in [4.69, 9.17) is 17.3 Å². The fraction of sp³-hybridized carbons (Fsp3) is 0.273. The number of ketones is 1. The number of fused-ring (bicyclic) bond motifs is 1. The normalized spacial score (nSPS) is 13.0. The van der Waals surface area contributed by atoms with Crippen LogP contribution < -0.4 is 5.73 Å². The molecule has 2 aromatic rings. The summed E-state index contributed by atoms with van der Waals surface area (Å²) < 4.78 is 1.65. The molecule has 0 bridgehead atoms.